The summed E-state index contributed by atoms with van der Waals surface area (Å²) in [6.45, 7) is 1.52. The lowest BCUT2D eigenvalue weighted by molar-refractivity contribution is -0.195. The highest BCUT2D eigenvalue weighted by Crippen LogP contribution is 2.19. The van der Waals surface area contributed by atoms with Gasteiger partial charge in [-0.3, -0.25) is 10.1 Å². The van der Waals surface area contributed by atoms with E-state index in [2.05, 4.69) is 5.32 Å². The molecule has 21 heavy (non-hydrogen) atoms. The van der Waals surface area contributed by atoms with E-state index in [0.717, 1.165) is 0 Å². The molecule has 0 amide bonds. The van der Waals surface area contributed by atoms with Crippen LogP contribution < -0.4 is 10.1 Å². The molecule has 0 bridgehead atoms. The van der Waals surface area contributed by atoms with E-state index in [1.54, 1.807) is 24.3 Å². The van der Waals surface area contributed by atoms with Gasteiger partial charge in [-0.15, -0.1) is 0 Å². The molecule has 116 valence electrons. The fourth-order valence-corrected chi connectivity index (χ4v) is 2.10. The molecule has 1 fully saturated rings. The predicted octanol–water partition coefficient (Wildman–Crippen LogP) is -0.860. The summed E-state index contributed by atoms with van der Waals surface area (Å²) in [4.78, 5) is 11.0. The fourth-order valence-electron chi connectivity index (χ4n) is 2.10. The van der Waals surface area contributed by atoms with Gasteiger partial charge in [-0.25, -0.2) is 0 Å². The minimum atomic E-state index is -1.26. The van der Waals surface area contributed by atoms with Crippen molar-refractivity contribution in [2.45, 2.75) is 38.0 Å². The molecule has 7 nitrogen and oxygen atoms in total. The molecule has 0 aliphatic carbocycles. The smallest absolute Gasteiger partial charge is 0.308 e. The van der Waals surface area contributed by atoms with E-state index in [0.29, 0.717) is 11.3 Å². The Kier molecular flexibility index (Phi) is 5.27. The maximum Gasteiger partial charge on any atom is 0.308 e. The molecule has 0 spiro atoms. The largest absolute Gasteiger partial charge is 0.426 e. The number of carbonyl (C=O) groups is 1. The number of benzene rings is 1. The molecule has 1 aliphatic heterocycles. The molecule has 2 rings (SSSR count). The van der Waals surface area contributed by atoms with Crippen molar-refractivity contribution in [3.63, 3.8) is 0 Å². The summed E-state index contributed by atoms with van der Waals surface area (Å²) in [7, 11) is 0. The lowest BCUT2D eigenvalue weighted by Crippen LogP contribution is -2.57. The average molecular weight is 297 g/mol. The minimum Gasteiger partial charge on any atom is -0.426 e. The molecule has 4 atom stereocenters. The number of aliphatic hydroxyl groups excluding tert-OH is 3. The lowest BCUT2D eigenvalue weighted by atomic mass is 10.0. The summed E-state index contributed by atoms with van der Waals surface area (Å²) in [6.07, 6.45) is -4.42. The summed E-state index contributed by atoms with van der Waals surface area (Å²) in [5.41, 5.74) is 0.712. The van der Waals surface area contributed by atoms with Crippen LogP contribution in [0.25, 0.3) is 0 Å². The summed E-state index contributed by atoms with van der Waals surface area (Å²) < 4.78 is 10.3. The molecule has 0 radical (unpaired) electrons. The van der Waals surface area contributed by atoms with E-state index < -0.39 is 30.5 Å². The van der Waals surface area contributed by atoms with Crippen LogP contribution >= 0.6 is 0 Å². The van der Waals surface area contributed by atoms with E-state index in [1.165, 1.54) is 6.92 Å². The zero-order valence-corrected chi connectivity index (χ0v) is 11.6. The van der Waals surface area contributed by atoms with Crippen LogP contribution in [-0.2, 0) is 16.1 Å². The molecule has 1 aromatic carbocycles. The molecule has 1 unspecified atom stereocenters. The third-order valence-electron chi connectivity index (χ3n) is 3.22. The van der Waals surface area contributed by atoms with Gasteiger partial charge >= 0.3 is 5.97 Å². The van der Waals surface area contributed by atoms with Crippen LogP contribution in [0.4, 0.5) is 0 Å². The Labute approximate surface area is 122 Å². The topological polar surface area (TPSA) is 108 Å². The highest BCUT2D eigenvalue weighted by Gasteiger charge is 2.37. The average Bonchev–Trinajstić information content (AvgIpc) is 2.45. The Morgan fingerprint density at radius 1 is 1.33 bits per heavy atom. The zero-order chi connectivity index (χ0) is 15.4. The van der Waals surface area contributed by atoms with Crippen LogP contribution in [-0.4, -0.2) is 52.4 Å². The van der Waals surface area contributed by atoms with E-state index in [-0.39, 0.29) is 13.2 Å². The van der Waals surface area contributed by atoms with Gasteiger partial charge in [0.05, 0.1) is 6.61 Å². The first-order valence-electron chi connectivity index (χ1n) is 6.64. The van der Waals surface area contributed by atoms with Gasteiger partial charge in [-0.1, -0.05) is 18.2 Å². The zero-order valence-electron chi connectivity index (χ0n) is 11.6. The van der Waals surface area contributed by atoms with Crippen molar-refractivity contribution in [3.8, 4) is 5.75 Å². The summed E-state index contributed by atoms with van der Waals surface area (Å²) >= 11 is 0. The van der Waals surface area contributed by atoms with Gasteiger partial charge in [-0.05, 0) is 6.07 Å². The number of hydrogen-bond acceptors (Lipinski definition) is 7. The number of para-hydroxylation sites is 1. The second-order valence-electron chi connectivity index (χ2n) is 4.88. The Hall–Kier alpha value is -1.51. The number of carbonyl (C=O) groups excluding carboxylic acids is 1. The molecular weight excluding hydrogens is 278 g/mol. The van der Waals surface area contributed by atoms with Gasteiger partial charge < -0.3 is 24.8 Å². The summed E-state index contributed by atoms with van der Waals surface area (Å²) in [6, 6.07) is 6.97. The second kappa shape index (κ2) is 6.97. The lowest BCUT2D eigenvalue weighted by Gasteiger charge is -2.35. The molecule has 1 saturated heterocycles. The van der Waals surface area contributed by atoms with Crippen molar-refractivity contribution in [3.05, 3.63) is 29.8 Å². The van der Waals surface area contributed by atoms with Crippen LogP contribution in [0.1, 0.15) is 12.5 Å². The Morgan fingerprint density at radius 2 is 2.05 bits per heavy atom. The van der Waals surface area contributed by atoms with Crippen molar-refractivity contribution in [1.82, 2.24) is 5.32 Å². The number of ether oxygens (including phenoxy) is 2. The van der Waals surface area contributed by atoms with Crippen LogP contribution in [0.2, 0.25) is 0 Å². The maximum absolute atomic E-state index is 11.0. The van der Waals surface area contributed by atoms with Crippen molar-refractivity contribution in [2.24, 2.45) is 0 Å². The third kappa shape index (κ3) is 3.99. The third-order valence-corrected chi connectivity index (χ3v) is 3.22. The molecule has 7 heteroatoms. The van der Waals surface area contributed by atoms with Crippen LogP contribution in [0.15, 0.2) is 24.3 Å². The molecule has 1 heterocycles. The number of hydrogen-bond donors (Lipinski definition) is 4. The maximum atomic E-state index is 11.0. The summed E-state index contributed by atoms with van der Waals surface area (Å²) in [5.74, 6) is -0.00155. The molecule has 0 aromatic heterocycles. The van der Waals surface area contributed by atoms with Crippen LogP contribution in [0, 0.1) is 0 Å². The Balaban J connectivity index is 1.98. The Morgan fingerprint density at radius 3 is 2.76 bits per heavy atom. The van der Waals surface area contributed by atoms with Crippen molar-refractivity contribution in [1.29, 1.82) is 0 Å². The van der Waals surface area contributed by atoms with Crippen molar-refractivity contribution < 1.29 is 29.6 Å². The summed E-state index contributed by atoms with van der Waals surface area (Å²) in [5, 5.41) is 31.7. The van der Waals surface area contributed by atoms with Gasteiger partial charge in [0, 0.05) is 19.0 Å². The van der Waals surface area contributed by atoms with Gasteiger partial charge in [0.25, 0.3) is 0 Å². The van der Waals surface area contributed by atoms with Gasteiger partial charge in [0.1, 0.15) is 30.3 Å². The quantitative estimate of drug-likeness (QED) is 0.423. The van der Waals surface area contributed by atoms with Crippen LogP contribution in [0.5, 0.6) is 5.75 Å². The number of nitrogens with one attached hydrogen (secondary N) is 1. The second-order valence-corrected chi connectivity index (χ2v) is 4.88. The van der Waals surface area contributed by atoms with Gasteiger partial charge in [-0.2, -0.15) is 0 Å². The first kappa shape index (κ1) is 15.9. The predicted molar refractivity (Wildman–Crippen MR) is 72.4 cm³/mol. The normalized spacial score (nSPS) is 29.1. The van der Waals surface area contributed by atoms with E-state index >= 15 is 0 Å². The first-order valence-corrected chi connectivity index (χ1v) is 6.64. The van der Waals surface area contributed by atoms with E-state index in [4.69, 9.17) is 9.47 Å². The van der Waals surface area contributed by atoms with Crippen molar-refractivity contribution >= 4 is 5.97 Å². The Bertz CT molecular complexity index is 494. The highest BCUT2D eigenvalue weighted by molar-refractivity contribution is 5.69. The van der Waals surface area contributed by atoms with E-state index in [9.17, 15) is 20.1 Å². The SMILES string of the molecule is CC(=O)Oc1ccccc1CNC1OC[C@@H](O)[C@H](O)[C@@H]1O. The van der Waals surface area contributed by atoms with Gasteiger partial charge in [0.15, 0.2) is 0 Å². The number of rotatable bonds is 4. The number of aliphatic hydroxyl groups is 3. The van der Waals surface area contributed by atoms with Gasteiger partial charge in [0.2, 0.25) is 0 Å². The first-order chi connectivity index (χ1) is 9.99. The minimum absolute atomic E-state index is 0.0680. The molecular formula is C14H19NO6. The molecule has 4 N–H and O–H groups in total. The number of esters is 1. The molecule has 0 saturated carbocycles. The van der Waals surface area contributed by atoms with Crippen molar-refractivity contribution in [2.75, 3.05) is 6.61 Å². The highest BCUT2D eigenvalue weighted by atomic mass is 16.5. The molecule has 1 aromatic rings. The monoisotopic (exact) mass is 297 g/mol. The molecule has 1 aliphatic rings. The van der Waals surface area contributed by atoms with E-state index in [1.807, 2.05) is 0 Å². The fraction of sp³-hybridized carbons (Fsp3) is 0.500. The van der Waals surface area contributed by atoms with Crippen LogP contribution in [0.3, 0.4) is 0 Å². The standard InChI is InChI=1S/C14H19NO6/c1-8(16)21-11-5-3-2-4-9(11)6-15-14-13(19)12(18)10(17)7-20-14/h2-5,10,12-15,17-19H,6-7H2,1H3/t10-,12+,13+,14?/m1/s1.